The second-order valence-corrected chi connectivity index (χ2v) is 5.19. The third kappa shape index (κ3) is 3.79. The fourth-order valence-corrected chi connectivity index (χ4v) is 2.73. The Labute approximate surface area is 123 Å². The Morgan fingerprint density at radius 1 is 1.30 bits per heavy atom. The van der Waals surface area contributed by atoms with Crippen molar-refractivity contribution >= 4 is 11.3 Å². The highest BCUT2D eigenvalue weighted by Gasteiger charge is 2.18. The molecule has 1 unspecified atom stereocenters. The molecule has 1 aromatic heterocycles. The van der Waals surface area contributed by atoms with Gasteiger partial charge in [-0.3, -0.25) is 4.98 Å². The molecule has 1 heterocycles. The van der Waals surface area contributed by atoms with Crippen LogP contribution in [0.1, 0.15) is 23.4 Å². The summed E-state index contributed by atoms with van der Waals surface area (Å²) < 4.78 is 10.9. The largest absolute Gasteiger partial charge is 0.491 e. The molecule has 0 aliphatic rings. The molecule has 1 N–H and O–H groups in total. The van der Waals surface area contributed by atoms with Crippen LogP contribution >= 0.6 is 11.3 Å². The van der Waals surface area contributed by atoms with Crippen LogP contribution in [-0.2, 0) is 4.74 Å². The average Bonchev–Trinajstić information content (AvgIpc) is 3.00. The highest BCUT2D eigenvalue weighted by atomic mass is 32.1. The highest BCUT2D eigenvalue weighted by molar-refractivity contribution is 7.09. The molecule has 0 radical (unpaired) electrons. The number of ether oxygens (including phenoxy) is 2. The first-order chi connectivity index (χ1) is 9.86. The minimum absolute atomic E-state index is 0.117. The normalized spacial score (nSPS) is 12.3. The highest BCUT2D eigenvalue weighted by Crippen LogP contribution is 2.31. The molecule has 0 aliphatic heterocycles. The Balaban J connectivity index is 2.23. The number of nitrogens with one attached hydrogen (secondary N) is 1. The fraction of sp³-hybridized carbons (Fsp3) is 0.400. The molecule has 5 heteroatoms. The zero-order valence-electron chi connectivity index (χ0n) is 11.8. The number of nitrogens with zero attached hydrogens (tertiary/aromatic N) is 1. The summed E-state index contributed by atoms with van der Waals surface area (Å²) in [6.45, 7) is 4.12. The lowest BCUT2D eigenvalue weighted by Gasteiger charge is -2.20. The molecule has 0 fully saturated rings. The van der Waals surface area contributed by atoms with E-state index in [0.717, 1.165) is 17.9 Å². The molecule has 20 heavy (non-hydrogen) atoms. The predicted molar refractivity (Wildman–Crippen MR) is 81.4 cm³/mol. The second-order valence-electron chi connectivity index (χ2n) is 4.27. The van der Waals surface area contributed by atoms with Crippen LogP contribution in [-0.4, -0.2) is 31.9 Å². The summed E-state index contributed by atoms with van der Waals surface area (Å²) in [6.07, 6.45) is 1.91. The first-order valence-electron chi connectivity index (χ1n) is 6.69. The maximum Gasteiger partial charge on any atom is 0.124 e. The Morgan fingerprint density at radius 3 is 2.85 bits per heavy atom. The minimum Gasteiger partial charge on any atom is -0.491 e. The van der Waals surface area contributed by atoms with Gasteiger partial charge in [-0.15, -0.1) is 11.3 Å². The number of rotatable bonds is 8. The van der Waals surface area contributed by atoms with Gasteiger partial charge in [-0.05, 0) is 12.6 Å². The lowest BCUT2D eigenvalue weighted by Crippen LogP contribution is -2.22. The van der Waals surface area contributed by atoms with Gasteiger partial charge in [0.05, 0.1) is 18.2 Å². The van der Waals surface area contributed by atoms with E-state index in [1.54, 1.807) is 18.4 Å². The molecular formula is C15H20N2O2S. The van der Waals surface area contributed by atoms with Gasteiger partial charge in [0.15, 0.2) is 0 Å². The molecule has 0 bridgehead atoms. The van der Waals surface area contributed by atoms with Crippen molar-refractivity contribution in [3.63, 3.8) is 0 Å². The number of thiazole rings is 1. The summed E-state index contributed by atoms with van der Waals surface area (Å²) in [7, 11) is 1.67. The predicted octanol–water partition coefficient (Wildman–Crippen LogP) is 2.87. The van der Waals surface area contributed by atoms with E-state index in [1.165, 1.54) is 4.88 Å². The Morgan fingerprint density at radius 2 is 2.15 bits per heavy atom. The standard InChI is InChI=1S/C15H20N2O2S/c1-3-17-15(14-10-16-11-20-14)12-6-4-5-7-13(12)19-9-8-18-2/h4-7,10-11,15,17H,3,8-9H2,1-2H3. The van der Waals surface area contributed by atoms with Crippen LogP contribution in [0.3, 0.4) is 0 Å². The van der Waals surface area contributed by atoms with Gasteiger partial charge >= 0.3 is 0 Å². The second kappa shape index (κ2) is 7.99. The molecule has 0 spiro atoms. The van der Waals surface area contributed by atoms with Crippen LogP contribution in [0.15, 0.2) is 36.0 Å². The van der Waals surface area contributed by atoms with Crippen molar-refractivity contribution in [2.24, 2.45) is 0 Å². The van der Waals surface area contributed by atoms with E-state index in [2.05, 4.69) is 23.3 Å². The maximum absolute atomic E-state index is 5.82. The molecule has 0 saturated carbocycles. The number of benzene rings is 1. The van der Waals surface area contributed by atoms with E-state index in [-0.39, 0.29) is 6.04 Å². The average molecular weight is 292 g/mol. The summed E-state index contributed by atoms with van der Waals surface area (Å²) in [4.78, 5) is 5.36. The molecule has 0 aliphatic carbocycles. The van der Waals surface area contributed by atoms with Crippen molar-refractivity contribution in [2.45, 2.75) is 13.0 Å². The SMILES string of the molecule is CCNC(c1cncs1)c1ccccc1OCCOC. The van der Waals surface area contributed by atoms with Crippen molar-refractivity contribution in [3.05, 3.63) is 46.4 Å². The zero-order chi connectivity index (χ0) is 14.2. The molecule has 4 nitrogen and oxygen atoms in total. The molecule has 108 valence electrons. The van der Waals surface area contributed by atoms with Gasteiger partial charge in [0.2, 0.25) is 0 Å². The molecule has 2 rings (SSSR count). The molecule has 0 saturated heterocycles. The van der Waals surface area contributed by atoms with E-state index in [4.69, 9.17) is 9.47 Å². The lowest BCUT2D eigenvalue weighted by atomic mass is 10.0. The van der Waals surface area contributed by atoms with Crippen molar-refractivity contribution in [1.29, 1.82) is 0 Å². The summed E-state index contributed by atoms with van der Waals surface area (Å²) in [5, 5.41) is 3.49. The van der Waals surface area contributed by atoms with E-state index in [9.17, 15) is 0 Å². The lowest BCUT2D eigenvalue weighted by molar-refractivity contribution is 0.145. The Kier molecular flexibility index (Phi) is 5.98. The smallest absolute Gasteiger partial charge is 0.124 e. The van der Waals surface area contributed by atoms with Crippen molar-refractivity contribution in [2.75, 3.05) is 26.9 Å². The van der Waals surface area contributed by atoms with E-state index < -0.39 is 0 Å². The van der Waals surface area contributed by atoms with Gasteiger partial charge in [-0.25, -0.2) is 0 Å². The third-order valence-electron chi connectivity index (χ3n) is 2.92. The first kappa shape index (κ1) is 15.0. The fourth-order valence-electron chi connectivity index (χ4n) is 2.02. The third-order valence-corrected chi connectivity index (χ3v) is 3.76. The number of hydrogen-bond acceptors (Lipinski definition) is 5. The Bertz CT molecular complexity index is 502. The van der Waals surface area contributed by atoms with Crippen LogP contribution in [0.4, 0.5) is 0 Å². The van der Waals surface area contributed by atoms with Crippen LogP contribution < -0.4 is 10.1 Å². The van der Waals surface area contributed by atoms with Crippen molar-refractivity contribution in [3.8, 4) is 5.75 Å². The summed E-state index contributed by atoms with van der Waals surface area (Å²) in [5.74, 6) is 0.892. The quantitative estimate of drug-likeness (QED) is 0.760. The van der Waals surface area contributed by atoms with Gasteiger partial charge in [-0.2, -0.15) is 0 Å². The van der Waals surface area contributed by atoms with Crippen LogP contribution in [0, 0.1) is 0 Å². The van der Waals surface area contributed by atoms with Gasteiger partial charge in [-0.1, -0.05) is 25.1 Å². The monoisotopic (exact) mass is 292 g/mol. The van der Waals surface area contributed by atoms with E-state index in [1.807, 2.05) is 29.9 Å². The number of methoxy groups -OCH3 is 1. The van der Waals surface area contributed by atoms with Gasteiger partial charge in [0.25, 0.3) is 0 Å². The summed E-state index contributed by atoms with van der Waals surface area (Å²) in [5.41, 5.74) is 2.99. The number of aromatic nitrogens is 1. The molecule has 1 atom stereocenters. The topological polar surface area (TPSA) is 43.4 Å². The molecular weight excluding hydrogens is 272 g/mol. The Hall–Kier alpha value is -1.43. The summed E-state index contributed by atoms with van der Waals surface area (Å²) in [6, 6.07) is 8.22. The summed E-state index contributed by atoms with van der Waals surface area (Å²) >= 11 is 1.65. The minimum atomic E-state index is 0.117. The van der Waals surface area contributed by atoms with Crippen LogP contribution in [0.5, 0.6) is 5.75 Å². The van der Waals surface area contributed by atoms with Crippen molar-refractivity contribution in [1.82, 2.24) is 10.3 Å². The van der Waals surface area contributed by atoms with E-state index >= 15 is 0 Å². The molecule has 1 aromatic carbocycles. The van der Waals surface area contributed by atoms with Gasteiger partial charge in [0, 0.05) is 23.7 Å². The van der Waals surface area contributed by atoms with Crippen LogP contribution in [0.2, 0.25) is 0 Å². The maximum atomic E-state index is 5.82. The van der Waals surface area contributed by atoms with Crippen molar-refractivity contribution < 1.29 is 9.47 Å². The van der Waals surface area contributed by atoms with Gasteiger partial charge in [0.1, 0.15) is 12.4 Å². The van der Waals surface area contributed by atoms with Gasteiger partial charge < -0.3 is 14.8 Å². The van der Waals surface area contributed by atoms with E-state index in [0.29, 0.717) is 13.2 Å². The number of hydrogen-bond donors (Lipinski definition) is 1. The molecule has 0 amide bonds. The molecule has 2 aromatic rings. The van der Waals surface area contributed by atoms with Crippen LogP contribution in [0.25, 0.3) is 0 Å². The first-order valence-corrected chi connectivity index (χ1v) is 7.57. The zero-order valence-corrected chi connectivity index (χ0v) is 12.7. The number of para-hydroxylation sites is 1.